The number of nitrogens with zero attached hydrogens (tertiary/aromatic N) is 2. The van der Waals surface area contributed by atoms with E-state index < -0.39 is 9.84 Å². The molecule has 0 saturated carbocycles. The molecular formula is C18H33IN4O2S. The first-order valence-corrected chi connectivity index (χ1v) is 10.7. The van der Waals surface area contributed by atoms with E-state index in [1.165, 1.54) is 11.8 Å². The van der Waals surface area contributed by atoms with Crippen LogP contribution in [0.2, 0.25) is 0 Å². The van der Waals surface area contributed by atoms with Crippen molar-refractivity contribution >= 4 is 39.8 Å². The van der Waals surface area contributed by atoms with Crippen LogP contribution in [0.25, 0.3) is 0 Å². The molecule has 2 N–H and O–H groups in total. The summed E-state index contributed by atoms with van der Waals surface area (Å²) in [5, 5.41) is 6.47. The summed E-state index contributed by atoms with van der Waals surface area (Å²) >= 11 is 0. The van der Waals surface area contributed by atoms with Gasteiger partial charge in [-0.15, -0.1) is 24.0 Å². The number of sulfone groups is 1. The Labute approximate surface area is 175 Å². The van der Waals surface area contributed by atoms with Gasteiger partial charge in [-0.25, -0.2) is 13.4 Å². The van der Waals surface area contributed by atoms with Gasteiger partial charge in [0, 0.05) is 25.4 Å². The molecule has 0 aliphatic rings. The highest BCUT2D eigenvalue weighted by atomic mass is 127. The maximum atomic E-state index is 11.3. The van der Waals surface area contributed by atoms with Gasteiger partial charge in [0.2, 0.25) is 0 Å². The molecule has 0 aromatic heterocycles. The predicted octanol–water partition coefficient (Wildman–Crippen LogP) is 2.24. The van der Waals surface area contributed by atoms with Crippen LogP contribution >= 0.6 is 24.0 Å². The summed E-state index contributed by atoms with van der Waals surface area (Å²) < 4.78 is 22.6. The molecule has 0 amide bonds. The number of aliphatic imine (C=N–C) groups is 1. The topological polar surface area (TPSA) is 73.8 Å². The third kappa shape index (κ3) is 11.7. The van der Waals surface area contributed by atoms with Gasteiger partial charge in [0.05, 0.1) is 12.3 Å². The second-order valence-corrected chi connectivity index (χ2v) is 8.97. The lowest BCUT2D eigenvalue weighted by Gasteiger charge is -2.17. The van der Waals surface area contributed by atoms with Gasteiger partial charge in [-0.3, -0.25) is 0 Å². The molecule has 0 saturated heterocycles. The molecule has 0 heterocycles. The summed E-state index contributed by atoms with van der Waals surface area (Å²) in [6.45, 7) is 6.23. The molecule has 1 rings (SSSR count). The number of halogens is 1. The number of hydrogen-bond acceptors (Lipinski definition) is 4. The van der Waals surface area contributed by atoms with E-state index in [-0.39, 0.29) is 35.8 Å². The lowest BCUT2D eigenvalue weighted by molar-refractivity contribution is 0.402. The Balaban J connectivity index is 0.00000625. The normalized spacial score (nSPS) is 13.2. The minimum Gasteiger partial charge on any atom is -0.357 e. The Kier molecular flexibility index (Phi) is 12.1. The van der Waals surface area contributed by atoms with Gasteiger partial charge in [0.25, 0.3) is 0 Å². The van der Waals surface area contributed by atoms with Gasteiger partial charge in [0.15, 0.2) is 5.96 Å². The van der Waals surface area contributed by atoms with E-state index in [1.807, 2.05) is 13.8 Å². The number of nitrogens with one attached hydrogen (secondary N) is 2. The average Bonchev–Trinajstić information content (AvgIpc) is 2.51. The average molecular weight is 496 g/mol. The van der Waals surface area contributed by atoms with Crippen molar-refractivity contribution in [3.05, 3.63) is 35.4 Å². The molecular weight excluding hydrogens is 463 g/mol. The molecule has 0 aliphatic carbocycles. The van der Waals surface area contributed by atoms with Crippen molar-refractivity contribution in [1.29, 1.82) is 0 Å². The Morgan fingerprint density at radius 2 is 1.77 bits per heavy atom. The molecule has 6 nitrogen and oxygen atoms in total. The SMILES string of the molecule is CCNC(=NCc1ccc(CN(C)C)cc1)NC(C)CCS(C)(=O)=O.I. The quantitative estimate of drug-likeness (QED) is 0.312. The Bertz CT molecular complexity index is 646. The molecule has 0 fully saturated rings. The van der Waals surface area contributed by atoms with Crippen LogP contribution in [-0.2, 0) is 22.9 Å². The molecule has 1 aromatic carbocycles. The minimum atomic E-state index is -2.94. The van der Waals surface area contributed by atoms with Crippen LogP contribution in [0.1, 0.15) is 31.4 Å². The van der Waals surface area contributed by atoms with Crippen LogP contribution in [-0.4, -0.2) is 58.0 Å². The van der Waals surface area contributed by atoms with Crippen LogP contribution in [0, 0.1) is 0 Å². The molecule has 0 radical (unpaired) electrons. The van der Waals surface area contributed by atoms with Crippen molar-refractivity contribution in [3.8, 4) is 0 Å². The fourth-order valence-electron chi connectivity index (χ4n) is 2.30. The van der Waals surface area contributed by atoms with Crippen LogP contribution in [0.5, 0.6) is 0 Å². The fourth-order valence-corrected chi connectivity index (χ4v) is 3.08. The smallest absolute Gasteiger partial charge is 0.191 e. The van der Waals surface area contributed by atoms with Crippen molar-refractivity contribution < 1.29 is 8.42 Å². The van der Waals surface area contributed by atoms with Crippen LogP contribution in [0.4, 0.5) is 0 Å². The second-order valence-electron chi connectivity index (χ2n) is 6.71. The van der Waals surface area contributed by atoms with Gasteiger partial charge >= 0.3 is 0 Å². The maximum Gasteiger partial charge on any atom is 0.191 e. The summed E-state index contributed by atoms with van der Waals surface area (Å²) in [5.41, 5.74) is 2.42. The first kappa shape index (κ1) is 25.1. The Morgan fingerprint density at radius 3 is 2.27 bits per heavy atom. The van der Waals surface area contributed by atoms with Gasteiger partial charge in [-0.05, 0) is 45.5 Å². The number of rotatable bonds is 9. The molecule has 26 heavy (non-hydrogen) atoms. The molecule has 0 spiro atoms. The highest BCUT2D eigenvalue weighted by molar-refractivity contribution is 14.0. The largest absolute Gasteiger partial charge is 0.357 e. The van der Waals surface area contributed by atoms with E-state index in [1.54, 1.807) is 0 Å². The number of hydrogen-bond donors (Lipinski definition) is 2. The van der Waals surface area contributed by atoms with Gasteiger partial charge in [0.1, 0.15) is 9.84 Å². The second kappa shape index (κ2) is 12.5. The highest BCUT2D eigenvalue weighted by Crippen LogP contribution is 2.07. The first-order valence-electron chi connectivity index (χ1n) is 8.64. The molecule has 1 atom stereocenters. The summed E-state index contributed by atoms with van der Waals surface area (Å²) in [5.74, 6) is 0.884. The number of benzene rings is 1. The molecule has 0 bridgehead atoms. The van der Waals surface area contributed by atoms with Crippen molar-refractivity contribution in [2.24, 2.45) is 4.99 Å². The Morgan fingerprint density at radius 1 is 1.19 bits per heavy atom. The third-order valence-electron chi connectivity index (χ3n) is 3.59. The molecule has 1 aromatic rings. The van der Waals surface area contributed by atoms with E-state index in [0.717, 1.165) is 18.7 Å². The summed E-state index contributed by atoms with van der Waals surface area (Å²) in [6, 6.07) is 8.48. The summed E-state index contributed by atoms with van der Waals surface area (Å²) in [4.78, 5) is 6.73. The van der Waals surface area contributed by atoms with E-state index in [2.05, 4.69) is 58.9 Å². The van der Waals surface area contributed by atoms with Gasteiger partial charge in [-0.2, -0.15) is 0 Å². The monoisotopic (exact) mass is 496 g/mol. The zero-order valence-electron chi connectivity index (χ0n) is 16.4. The zero-order valence-corrected chi connectivity index (χ0v) is 19.6. The molecule has 8 heteroatoms. The van der Waals surface area contributed by atoms with E-state index in [0.29, 0.717) is 18.9 Å². The van der Waals surface area contributed by atoms with Crippen molar-refractivity contribution in [2.45, 2.75) is 39.4 Å². The molecule has 150 valence electrons. The van der Waals surface area contributed by atoms with Gasteiger partial charge < -0.3 is 15.5 Å². The first-order chi connectivity index (χ1) is 11.7. The standard InChI is InChI=1S/C18H32N4O2S.HI/c1-6-19-18(21-15(2)11-12-25(5,23)24)20-13-16-7-9-17(10-8-16)14-22(3)4;/h7-10,15H,6,11-14H2,1-5H3,(H2,19,20,21);1H. The van der Waals surface area contributed by atoms with E-state index in [9.17, 15) is 8.42 Å². The lowest BCUT2D eigenvalue weighted by atomic mass is 10.1. The zero-order chi connectivity index (χ0) is 18.9. The minimum absolute atomic E-state index is 0. The van der Waals surface area contributed by atoms with Gasteiger partial charge in [-0.1, -0.05) is 24.3 Å². The lowest BCUT2D eigenvalue weighted by Crippen LogP contribution is -2.42. The molecule has 0 aliphatic heterocycles. The fraction of sp³-hybridized carbons (Fsp3) is 0.611. The van der Waals surface area contributed by atoms with E-state index in [4.69, 9.17) is 0 Å². The summed E-state index contributed by atoms with van der Waals surface area (Å²) in [7, 11) is 1.17. The van der Waals surface area contributed by atoms with Crippen LogP contribution < -0.4 is 10.6 Å². The van der Waals surface area contributed by atoms with Crippen molar-refractivity contribution in [3.63, 3.8) is 0 Å². The van der Waals surface area contributed by atoms with Crippen LogP contribution in [0.3, 0.4) is 0 Å². The maximum absolute atomic E-state index is 11.3. The van der Waals surface area contributed by atoms with Crippen LogP contribution in [0.15, 0.2) is 29.3 Å². The highest BCUT2D eigenvalue weighted by Gasteiger charge is 2.09. The summed E-state index contributed by atoms with van der Waals surface area (Å²) in [6.07, 6.45) is 1.82. The molecule has 1 unspecified atom stereocenters. The van der Waals surface area contributed by atoms with E-state index >= 15 is 0 Å². The van der Waals surface area contributed by atoms with Crippen molar-refractivity contribution in [2.75, 3.05) is 32.6 Å². The third-order valence-corrected chi connectivity index (χ3v) is 4.57. The number of guanidine groups is 1. The Hall–Kier alpha value is -0.870. The van der Waals surface area contributed by atoms with Crippen molar-refractivity contribution in [1.82, 2.24) is 15.5 Å². The predicted molar refractivity (Wildman–Crippen MR) is 121 cm³/mol.